The van der Waals surface area contributed by atoms with Crippen LogP contribution in [0.15, 0.2) is 54.9 Å². The Bertz CT molecular complexity index is 1160. The number of benzene rings is 1. The van der Waals surface area contributed by atoms with Crippen LogP contribution in [0.4, 0.5) is 0 Å². The Morgan fingerprint density at radius 2 is 1.79 bits per heavy atom. The number of fused-ring (bicyclic) bond motifs is 1. The lowest BCUT2D eigenvalue weighted by molar-refractivity contribution is -0.0246. The molecule has 1 aromatic carbocycles. The first-order chi connectivity index (χ1) is 16.1. The average Bonchev–Trinajstić information content (AvgIpc) is 2.88. The van der Waals surface area contributed by atoms with Gasteiger partial charge in [-0.15, -0.1) is 0 Å². The van der Waals surface area contributed by atoms with E-state index in [4.69, 9.17) is 9.72 Å². The predicted molar refractivity (Wildman–Crippen MR) is 124 cm³/mol. The van der Waals surface area contributed by atoms with Gasteiger partial charge in [-0.2, -0.15) is 0 Å². The molecule has 1 atom stereocenters. The maximum Gasteiger partial charge on any atom is 0.255 e. The van der Waals surface area contributed by atoms with Crippen LogP contribution >= 0.6 is 0 Å². The standard InChI is InChI=1S/C25H27N5O3/c1-28-9-11-29(12-10-28)25(32)20-15-22(27-21-7-3-2-6-19(20)21)23-17-30(13-14-33-23)24(31)18-5-4-8-26-16-18/h2-8,15-16,23H,9-14,17H2,1H3. The van der Waals surface area contributed by atoms with E-state index in [2.05, 4.69) is 16.9 Å². The molecule has 1 unspecified atom stereocenters. The van der Waals surface area contributed by atoms with Crippen LogP contribution in [0.5, 0.6) is 0 Å². The van der Waals surface area contributed by atoms with Gasteiger partial charge in [0.05, 0.1) is 35.5 Å². The third kappa shape index (κ3) is 4.44. The van der Waals surface area contributed by atoms with Crippen molar-refractivity contribution in [1.29, 1.82) is 0 Å². The van der Waals surface area contributed by atoms with Crippen molar-refractivity contribution in [3.05, 3.63) is 71.7 Å². The quantitative estimate of drug-likeness (QED) is 0.615. The summed E-state index contributed by atoms with van der Waals surface area (Å²) in [7, 11) is 2.07. The molecule has 170 valence electrons. The summed E-state index contributed by atoms with van der Waals surface area (Å²) in [4.78, 5) is 41.2. The molecule has 8 nitrogen and oxygen atoms in total. The minimum Gasteiger partial charge on any atom is -0.368 e. The number of amides is 2. The summed E-state index contributed by atoms with van der Waals surface area (Å²) >= 11 is 0. The molecule has 0 aliphatic carbocycles. The molecule has 0 N–H and O–H groups in total. The Morgan fingerprint density at radius 3 is 2.58 bits per heavy atom. The lowest BCUT2D eigenvalue weighted by Crippen LogP contribution is -2.47. The van der Waals surface area contributed by atoms with Gasteiger partial charge in [0.15, 0.2) is 0 Å². The second-order valence-corrected chi connectivity index (χ2v) is 8.56. The second-order valence-electron chi connectivity index (χ2n) is 8.56. The van der Waals surface area contributed by atoms with Gasteiger partial charge in [0, 0.05) is 50.5 Å². The number of morpholine rings is 1. The van der Waals surface area contributed by atoms with Gasteiger partial charge in [-0.1, -0.05) is 18.2 Å². The number of para-hydroxylation sites is 1. The average molecular weight is 446 g/mol. The van der Waals surface area contributed by atoms with Crippen LogP contribution in [-0.4, -0.2) is 89.4 Å². The number of aromatic nitrogens is 2. The van der Waals surface area contributed by atoms with Crippen molar-refractivity contribution in [3.8, 4) is 0 Å². The molecule has 2 aliphatic rings. The van der Waals surface area contributed by atoms with Crippen molar-refractivity contribution >= 4 is 22.7 Å². The van der Waals surface area contributed by atoms with Crippen LogP contribution in [-0.2, 0) is 4.74 Å². The van der Waals surface area contributed by atoms with Gasteiger partial charge < -0.3 is 19.4 Å². The van der Waals surface area contributed by atoms with Gasteiger partial charge in [0.25, 0.3) is 11.8 Å². The van der Waals surface area contributed by atoms with Crippen molar-refractivity contribution in [2.75, 3.05) is 52.9 Å². The monoisotopic (exact) mass is 445 g/mol. The number of piperazine rings is 1. The van der Waals surface area contributed by atoms with E-state index in [9.17, 15) is 9.59 Å². The van der Waals surface area contributed by atoms with Gasteiger partial charge in [-0.25, -0.2) is 4.98 Å². The Morgan fingerprint density at radius 1 is 0.970 bits per heavy atom. The molecule has 0 bridgehead atoms. The lowest BCUT2D eigenvalue weighted by atomic mass is 10.0. The molecule has 2 aromatic heterocycles. The molecule has 0 spiro atoms. The van der Waals surface area contributed by atoms with Gasteiger partial charge >= 0.3 is 0 Å². The summed E-state index contributed by atoms with van der Waals surface area (Å²) in [6, 6.07) is 13.1. The molecular formula is C25H27N5O3. The van der Waals surface area contributed by atoms with E-state index < -0.39 is 6.10 Å². The minimum atomic E-state index is -0.400. The molecule has 0 radical (unpaired) electrons. The summed E-state index contributed by atoms with van der Waals surface area (Å²) in [5.41, 5.74) is 2.62. The number of carbonyl (C=O) groups excluding carboxylic acids is 2. The zero-order valence-electron chi connectivity index (χ0n) is 18.7. The molecule has 2 fully saturated rings. The molecule has 4 heterocycles. The highest BCUT2D eigenvalue weighted by atomic mass is 16.5. The predicted octanol–water partition coefficient (Wildman–Crippen LogP) is 2.23. The van der Waals surface area contributed by atoms with E-state index in [0.717, 1.165) is 24.0 Å². The number of pyridine rings is 2. The molecule has 8 heteroatoms. The number of hydrogen-bond acceptors (Lipinski definition) is 6. The number of ether oxygens (including phenoxy) is 1. The van der Waals surface area contributed by atoms with Crippen molar-refractivity contribution in [1.82, 2.24) is 24.7 Å². The van der Waals surface area contributed by atoms with Gasteiger partial charge in [-0.3, -0.25) is 14.6 Å². The third-order valence-corrected chi connectivity index (χ3v) is 6.35. The van der Waals surface area contributed by atoms with Gasteiger partial charge in [-0.05, 0) is 31.3 Å². The highest BCUT2D eigenvalue weighted by Gasteiger charge is 2.29. The number of nitrogens with zero attached hydrogens (tertiary/aromatic N) is 5. The van der Waals surface area contributed by atoms with E-state index >= 15 is 0 Å². The SMILES string of the molecule is CN1CCN(C(=O)c2cc(C3CN(C(=O)c4cccnc4)CCO3)nc3ccccc23)CC1. The van der Waals surface area contributed by atoms with Gasteiger partial charge in [0.1, 0.15) is 6.10 Å². The lowest BCUT2D eigenvalue weighted by Gasteiger charge is -2.34. The first-order valence-electron chi connectivity index (χ1n) is 11.3. The van der Waals surface area contributed by atoms with Crippen molar-refractivity contribution < 1.29 is 14.3 Å². The van der Waals surface area contributed by atoms with Crippen LogP contribution in [0.3, 0.4) is 0 Å². The third-order valence-electron chi connectivity index (χ3n) is 6.35. The maximum absolute atomic E-state index is 13.5. The Hall–Kier alpha value is -3.36. The molecule has 33 heavy (non-hydrogen) atoms. The van der Waals surface area contributed by atoms with Crippen LogP contribution in [0, 0.1) is 0 Å². The Labute approximate surface area is 192 Å². The summed E-state index contributed by atoms with van der Waals surface area (Å²) in [5.74, 6) is -0.0621. The summed E-state index contributed by atoms with van der Waals surface area (Å²) in [6.45, 7) is 4.42. The molecule has 2 aliphatic heterocycles. The van der Waals surface area contributed by atoms with Crippen LogP contribution in [0.2, 0.25) is 0 Å². The number of carbonyl (C=O) groups is 2. The van der Waals surface area contributed by atoms with Crippen molar-refractivity contribution in [3.63, 3.8) is 0 Å². The zero-order chi connectivity index (χ0) is 22.8. The van der Waals surface area contributed by atoms with Crippen LogP contribution < -0.4 is 0 Å². The molecule has 0 saturated carbocycles. The first-order valence-corrected chi connectivity index (χ1v) is 11.3. The normalized spacial score (nSPS) is 19.6. The van der Waals surface area contributed by atoms with E-state index in [1.165, 1.54) is 0 Å². The van der Waals surface area contributed by atoms with E-state index in [-0.39, 0.29) is 11.8 Å². The minimum absolute atomic E-state index is 0.0158. The number of likely N-dealkylation sites (N-methyl/N-ethyl adjacent to an activating group) is 1. The fourth-order valence-electron chi connectivity index (χ4n) is 4.40. The maximum atomic E-state index is 13.5. The van der Waals surface area contributed by atoms with Crippen molar-refractivity contribution in [2.24, 2.45) is 0 Å². The van der Waals surface area contributed by atoms with Gasteiger partial charge in [0.2, 0.25) is 0 Å². The number of rotatable bonds is 3. The molecule has 2 amide bonds. The number of hydrogen-bond donors (Lipinski definition) is 0. The second kappa shape index (κ2) is 9.25. The molecule has 2 saturated heterocycles. The highest BCUT2D eigenvalue weighted by Crippen LogP contribution is 2.27. The summed E-state index contributed by atoms with van der Waals surface area (Å²) < 4.78 is 6.02. The van der Waals surface area contributed by atoms with Crippen LogP contribution in [0.1, 0.15) is 32.5 Å². The highest BCUT2D eigenvalue weighted by molar-refractivity contribution is 6.06. The van der Waals surface area contributed by atoms with E-state index in [0.29, 0.717) is 49.6 Å². The summed E-state index contributed by atoms with van der Waals surface area (Å²) in [5, 5.41) is 0.837. The molecule has 5 rings (SSSR count). The molecular weight excluding hydrogens is 418 g/mol. The van der Waals surface area contributed by atoms with Crippen LogP contribution in [0.25, 0.3) is 10.9 Å². The first kappa shape index (κ1) is 21.5. The molecule has 3 aromatic rings. The summed E-state index contributed by atoms with van der Waals surface area (Å²) in [6.07, 6.45) is 2.83. The fraction of sp³-hybridized carbons (Fsp3) is 0.360. The Kier molecular flexibility index (Phi) is 6.02. The smallest absolute Gasteiger partial charge is 0.255 e. The van der Waals surface area contributed by atoms with E-state index in [1.54, 1.807) is 29.4 Å². The zero-order valence-corrected chi connectivity index (χ0v) is 18.7. The largest absolute Gasteiger partial charge is 0.368 e. The topological polar surface area (TPSA) is 78.9 Å². The van der Waals surface area contributed by atoms with E-state index in [1.807, 2.05) is 35.2 Å². The Balaban J connectivity index is 1.44. The van der Waals surface area contributed by atoms with Crippen molar-refractivity contribution in [2.45, 2.75) is 6.10 Å². The fourth-order valence-corrected chi connectivity index (χ4v) is 4.40.